The topological polar surface area (TPSA) is 16.4 Å². The number of nitrogens with zero attached hydrogens (tertiary/aromatic N) is 1. The van der Waals surface area contributed by atoms with Gasteiger partial charge in [0, 0.05) is 33.2 Å². The Hall–Kier alpha value is -7.42. The average molecular weight is 768 g/mol. The van der Waals surface area contributed by atoms with Crippen molar-refractivity contribution in [1.29, 1.82) is 0 Å². The Labute approximate surface area is 350 Å². The number of hydrogen-bond donors (Lipinski definition) is 0. The van der Waals surface area contributed by atoms with E-state index in [1.165, 1.54) is 66.8 Å². The fourth-order valence-corrected chi connectivity index (χ4v) is 10.6. The monoisotopic (exact) mass is 767 g/mol. The van der Waals surface area contributed by atoms with Gasteiger partial charge < -0.3 is 9.32 Å². The average Bonchev–Trinajstić information content (AvgIpc) is 3.91. The quantitative estimate of drug-likeness (QED) is 0.168. The first kappa shape index (κ1) is 34.6. The highest BCUT2D eigenvalue weighted by atomic mass is 16.3. The van der Waals surface area contributed by atoms with Crippen LogP contribution in [0.3, 0.4) is 0 Å². The minimum absolute atomic E-state index is 0.119. The second-order valence-corrected chi connectivity index (χ2v) is 16.8. The molecule has 60 heavy (non-hydrogen) atoms. The van der Waals surface area contributed by atoms with Gasteiger partial charge >= 0.3 is 0 Å². The van der Waals surface area contributed by atoms with E-state index in [4.69, 9.17) is 4.42 Å². The lowest BCUT2D eigenvalue weighted by atomic mass is 9.67. The number of fused-ring (bicyclic) bond motifs is 9. The van der Waals surface area contributed by atoms with Gasteiger partial charge in [0.05, 0.1) is 5.41 Å². The minimum Gasteiger partial charge on any atom is -0.456 e. The van der Waals surface area contributed by atoms with Gasteiger partial charge in [0.25, 0.3) is 0 Å². The number of para-hydroxylation sites is 1. The standard InChI is InChI=1S/C58H41NO/c1-57(2)51-20-10-6-16-45(51)48-34-33-44(37-54(48)57)59(42-29-24-39(25-30-42)38-14-4-3-5-15-38)43-31-26-40(27-32-43)58(52-21-11-7-17-46(52)47-18-8-12-22-53(47)58)41-28-35-56-50(36-41)49-19-9-13-23-55(49)60-56/h3-37H,1-2H3. The summed E-state index contributed by atoms with van der Waals surface area (Å²) in [5, 5.41) is 2.27. The fourth-order valence-electron chi connectivity index (χ4n) is 10.6. The van der Waals surface area contributed by atoms with Crippen LogP contribution in [0.25, 0.3) is 55.3 Å². The lowest BCUT2D eigenvalue weighted by Gasteiger charge is -2.34. The second kappa shape index (κ2) is 13.0. The summed E-state index contributed by atoms with van der Waals surface area (Å²) in [5.41, 5.74) is 19.8. The first-order valence-electron chi connectivity index (χ1n) is 20.9. The van der Waals surface area contributed by atoms with Crippen LogP contribution in [0, 0.1) is 0 Å². The Morgan fingerprint density at radius 1 is 0.350 bits per heavy atom. The van der Waals surface area contributed by atoms with Crippen LogP contribution in [0.4, 0.5) is 17.1 Å². The molecule has 2 heteroatoms. The zero-order valence-corrected chi connectivity index (χ0v) is 33.6. The molecule has 0 saturated carbocycles. The summed E-state index contributed by atoms with van der Waals surface area (Å²) in [5.74, 6) is 0. The molecule has 0 unspecified atom stereocenters. The van der Waals surface area contributed by atoms with E-state index in [-0.39, 0.29) is 5.41 Å². The predicted molar refractivity (Wildman–Crippen MR) is 249 cm³/mol. The summed E-state index contributed by atoms with van der Waals surface area (Å²) in [7, 11) is 0. The highest BCUT2D eigenvalue weighted by molar-refractivity contribution is 6.05. The molecular formula is C58H41NO. The third kappa shape index (κ3) is 4.94. The van der Waals surface area contributed by atoms with Crippen LogP contribution >= 0.6 is 0 Å². The van der Waals surface area contributed by atoms with Crippen molar-refractivity contribution in [2.24, 2.45) is 0 Å². The number of anilines is 3. The Bertz CT molecular complexity index is 3230. The summed E-state index contributed by atoms with van der Waals surface area (Å²) in [6.45, 7) is 4.71. The molecule has 1 heterocycles. The van der Waals surface area contributed by atoms with Crippen molar-refractivity contribution in [1.82, 2.24) is 0 Å². The van der Waals surface area contributed by atoms with E-state index in [1.807, 2.05) is 6.07 Å². The Balaban J connectivity index is 1.05. The highest BCUT2D eigenvalue weighted by Crippen LogP contribution is 2.57. The molecule has 284 valence electrons. The lowest BCUT2D eigenvalue weighted by molar-refractivity contribution is 0.660. The molecule has 1 aromatic heterocycles. The zero-order chi connectivity index (χ0) is 40.0. The van der Waals surface area contributed by atoms with Crippen LogP contribution < -0.4 is 4.90 Å². The third-order valence-electron chi connectivity index (χ3n) is 13.4. The summed E-state index contributed by atoms with van der Waals surface area (Å²) in [4.78, 5) is 2.42. The first-order valence-corrected chi connectivity index (χ1v) is 20.9. The smallest absolute Gasteiger partial charge is 0.135 e. The number of furan rings is 1. The maximum Gasteiger partial charge on any atom is 0.135 e. The number of hydrogen-bond acceptors (Lipinski definition) is 2. The van der Waals surface area contributed by atoms with Crippen LogP contribution in [-0.4, -0.2) is 0 Å². The van der Waals surface area contributed by atoms with Gasteiger partial charge in [-0.05, 0) is 121 Å². The van der Waals surface area contributed by atoms with E-state index < -0.39 is 5.41 Å². The molecule has 2 aliphatic rings. The zero-order valence-electron chi connectivity index (χ0n) is 33.6. The normalized spacial score (nSPS) is 14.1. The van der Waals surface area contributed by atoms with Crippen LogP contribution in [-0.2, 0) is 10.8 Å². The van der Waals surface area contributed by atoms with Crippen LogP contribution in [0.1, 0.15) is 47.2 Å². The van der Waals surface area contributed by atoms with Crippen molar-refractivity contribution in [2.45, 2.75) is 24.7 Å². The molecule has 10 aromatic rings. The van der Waals surface area contributed by atoms with Crippen molar-refractivity contribution in [3.63, 3.8) is 0 Å². The Morgan fingerprint density at radius 2 is 0.850 bits per heavy atom. The highest BCUT2D eigenvalue weighted by Gasteiger charge is 2.46. The van der Waals surface area contributed by atoms with E-state index in [0.29, 0.717) is 0 Å². The molecule has 0 spiro atoms. The van der Waals surface area contributed by atoms with Crippen molar-refractivity contribution >= 4 is 39.0 Å². The van der Waals surface area contributed by atoms with E-state index in [2.05, 4.69) is 225 Å². The lowest BCUT2D eigenvalue weighted by Crippen LogP contribution is -2.28. The summed E-state index contributed by atoms with van der Waals surface area (Å²) in [6, 6.07) is 78.1. The van der Waals surface area contributed by atoms with Crippen molar-refractivity contribution in [2.75, 3.05) is 4.90 Å². The maximum absolute atomic E-state index is 6.36. The SMILES string of the molecule is CC1(C)c2ccccc2-c2ccc(N(c3ccc(-c4ccccc4)cc3)c3ccc(C4(c5ccc6oc7ccccc7c6c5)c5ccccc5-c5ccccc54)cc3)cc21. The first-order chi connectivity index (χ1) is 29.5. The third-order valence-corrected chi connectivity index (χ3v) is 13.4. The van der Waals surface area contributed by atoms with Crippen molar-refractivity contribution in [3.05, 3.63) is 246 Å². The van der Waals surface area contributed by atoms with Gasteiger partial charge in [-0.25, -0.2) is 0 Å². The largest absolute Gasteiger partial charge is 0.456 e. The number of benzene rings is 9. The minimum atomic E-state index is -0.552. The Morgan fingerprint density at radius 3 is 1.55 bits per heavy atom. The van der Waals surface area contributed by atoms with E-state index in [1.54, 1.807) is 0 Å². The van der Waals surface area contributed by atoms with Crippen LogP contribution in [0.5, 0.6) is 0 Å². The molecule has 0 aliphatic heterocycles. The molecule has 2 nitrogen and oxygen atoms in total. The fraction of sp³-hybridized carbons (Fsp3) is 0.0690. The van der Waals surface area contributed by atoms with Gasteiger partial charge in [-0.1, -0.05) is 172 Å². The molecule has 9 aromatic carbocycles. The molecule has 0 bridgehead atoms. The Kier molecular flexibility index (Phi) is 7.52. The molecule has 0 N–H and O–H groups in total. The van der Waals surface area contributed by atoms with Crippen molar-refractivity contribution < 1.29 is 4.42 Å². The maximum atomic E-state index is 6.36. The van der Waals surface area contributed by atoms with Crippen LogP contribution in [0.2, 0.25) is 0 Å². The summed E-state index contributed by atoms with van der Waals surface area (Å²) >= 11 is 0. The van der Waals surface area contributed by atoms with Crippen molar-refractivity contribution in [3.8, 4) is 33.4 Å². The molecule has 0 amide bonds. The molecule has 12 rings (SSSR count). The molecular weight excluding hydrogens is 727 g/mol. The van der Waals surface area contributed by atoms with Gasteiger partial charge in [0.1, 0.15) is 11.2 Å². The molecule has 0 radical (unpaired) electrons. The molecule has 0 atom stereocenters. The molecule has 0 fully saturated rings. The van der Waals surface area contributed by atoms with Gasteiger partial charge in [0.15, 0.2) is 0 Å². The molecule has 0 saturated heterocycles. The van der Waals surface area contributed by atoms with Gasteiger partial charge in [-0.2, -0.15) is 0 Å². The van der Waals surface area contributed by atoms with E-state index in [9.17, 15) is 0 Å². The van der Waals surface area contributed by atoms with E-state index >= 15 is 0 Å². The van der Waals surface area contributed by atoms with E-state index in [0.717, 1.165) is 39.0 Å². The molecule has 2 aliphatic carbocycles. The second-order valence-electron chi connectivity index (χ2n) is 16.8. The van der Waals surface area contributed by atoms with Gasteiger partial charge in [0.2, 0.25) is 0 Å². The number of rotatable bonds is 6. The summed E-state index contributed by atoms with van der Waals surface area (Å²) in [6.07, 6.45) is 0. The predicted octanol–water partition coefficient (Wildman–Crippen LogP) is 15.4. The van der Waals surface area contributed by atoms with Gasteiger partial charge in [-0.3, -0.25) is 0 Å². The summed E-state index contributed by atoms with van der Waals surface area (Å²) < 4.78 is 6.36. The van der Waals surface area contributed by atoms with Gasteiger partial charge in [-0.15, -0.1) is 0 Å². The van der Waals surface area contributed by atoms with Crippen LogP contribution in [0.15, 0.2) is 217 Å².